The molecule has 0 radical (unpaired) electrons. The van der Waals surface area contributed by atoms with Gasteiger partial charge in [0.1, 0.15) is 0 Å². The molecule has 0 aliphatic heterocycles. The van der Waals surface area contributed by atoms with E-state index in [0.29, 0.717) is 0 Å². The molecule has 0 saturated carbocycles. The number of nitrogens with zero attached hydrogens (tertiary/aromatic N) is 1. The Bertz CT molecular complexity index is 149. The Morgan fingerprint density at radius 2 is 2.15 bits per heavy atom. The second kappa shape index (κ2) is 6.71. The Hall–Kier alpha value is -0.770. The number of nitrogens with one attached hydrogen (secondary N) is 1. The molecule has 0 rings (SSSR count). The number of carbonyl (C=O) groups is 1. The van der Waals surface area contributed by atoms with E-state index in [1.807, 2.05) is 20.9 Å². The van der Waals surface area contributed by atoms with Crippen molar-refractivity contribution >= 4 is 6.09 Å². The van der Waals surface area contributed by atoms with E-state index in [4.69, 9.17) is 4.74 Å². The second-order valence-electron chi connectivity index (χ2n) is 3.31. The molecule has 0 fully saturated rings. The van der Waals surface area contributed by atoms with Crippen molar-refractivity contribution in [1.82, 2.24) is 10.2 Å². The number of rotatable bonds is 5. The summed E-state index contributed by atoms with van der Waals surface area (Å²) in [6.45, 7) is 5.34. The maximum absolute atomic E-state index is 11.2. The molecule has 0 atom stereocenters. The van der Waals surface area contributed by atoms with Gasteiger partial charge in [0.25, 0.3) is 0 Å². The molecule has 4 nitrogen and oxygen atoms in total. The van der Waals surface area contributed by atoms with E-state index >= 15 is 0 Å². The first-order chi connectivity index (χ1) is 6.07. The Morgan fingerprint density at radius 3 is 2.62 bits per heavy atom. The van der Waals surface area contributed by atoms with Crippen molar-refractivity contribution in [3.05, 3.63) is 0 Å². The SMILES string of the molecule is CNCCCN(C)C(=O)OC(C)C. The molecule has 0 saturated heterocycles. The van der Waals surface area contributed by atoms with Gasteiger partial charge < -0.3 is 15.0 Å². The van der Waals surface area contributed by atoms with Gasteiger partial charge in [0.15, 0.2) is 0 Å². The Morgan fingerprint density at radius 1 is 1.54 bits per heavy atom. The zero-order valence-electron chi connectivity index (χ0n) is 8.96. The van der Waals surface area contributed by atoms with Crippen molar-refractivity contribution in [1.29, 1.82) is 0 Å². The van der Waals surface area contributed by atoms with Crippen LogP contribution >= 0.6 is 0 Å². The predicted octanol–water partition coefficient (Wildman–Crippen LogP) is 1.07. The van der Waals surface area contributed by atoms with Crippen LogP contribution in [0.15, 0.2) is 0 Å². The average molecular weight is 188 g/mol. The van der Waals surface area contributed by atoms with Crippen LogP contribution in [-0.2, 0) is 4.74 Å². The maximum Gasteiger partial charge on any atom is 0.409 e. The molecule has 0 aromatic rings. The molecule has 0 heterocycles. The van der Waals surface area contributed by atoms with Crippen LogP contribution < -0.4 is 5.32 Å². The van der Waals surface area contributed by atoms with Crippen LogP contribution in [0.1, 0.15) is 20.3 Å². The number of ether oxygens (including phenoxy) is 1. The minimum atomic E-state index is -0.244. The molecule has 0 aliphatic rings. The van der Waals surface area contributed by atoms with Crippen molar-refractivity contribution in [2.24, 2.45) is 0 Å². The van der Waals surface area contributed by atoms with Crippen LogP contribution in [0.25, 0.3) is 0 Å². The van der Waals surface area contributed by atoms with Gasteiger partial charge in [-0.15, -0.1) is 0 Å². The van der Waals surface area contributed by atoms with Crippen LogP contribution in [-0.4, -0.2) is 44.3 Å². The van der Waals surface area contributed by atoms with Crippen molar-refractivity contribution in [2.45, 2.75) is 26.4 Å². The molecule has 0 unspecified atom stereocenters. The van der Waals surface area contributed by atoms with E-state index in [1.54, 1.807) is 11.9 Å². The van der Waals surface area contributed by atoms with Crippen molar-refractivity contribution in [2.75, 3.05) is 27.2 Å². The summed E-state index contributed by atoms with van der Waals surface area (Å²) in [7, 11) is 3.65. The third-order valence-corrected chi connectivity index (χ3v) is 1.57. The molecular formula is C9H20N2O2. The highest BCUT2D eigenvalue weighted by Crippen LogP contribution is 1.96. The molecule has 1 N–H and O–H groups in total. The monoisotopic (exact) mass is 188 g/mol. The largest absolute Gasteiger partial charge is 0.447 e. The first-order valence-corrected chi connectivity index (χ1v) is 4.64. The highest BCUT2D eigenvalue weighted by Gasteiger charge is 2.10. The van der Waals surface area contributed by atoms with Crippen LogP contribution in [0.5, 0.6) is 0 Å². The molecule has 0 spiro atoms. The van der Waals surface area contributed by atoms with Gasteiger partial charge in [0.05, 0.1) is 6.10 Å². The van der Waals surface area contributed by atoms with Crippen molar-refractivity contribution in [3.63, 3.8) is 0 Å². The fourth-order valence-electron chi connectivity index (χ4n) is 0.876. The zero-order chi connectivity index (χ0) is 10.3. The highest BCUT2D eigenvalue weighted by molar-refractivity contribution is 5.67. The summed E-state index contributed by atoms with van der Waals surface area (Å²) < 4.78 is 5.01. The summed E-state index contributed by atoms with van der Waals surface area (Å²) in [5, 5.41) is 3.02. The normalized spacial score (nSPS) is 10.2. The molecule has 78 valence electrons. The zero-order valence-corrected chi connectivity index (χ0v) is 8.96. The summed E-state index contributed by atoms with van der Waals surface area (Å²) in [5.41, 5.74) is 0. The quantitative estimate of drug-likeness (QED) is 0.656. The molecule has 4 heteroatoms. The molecule has 0 aromatic carbocycles. The van der Waals surface area contributed by atoms with Gasteiger partial charge in [-0.3, -0.25) is 0 Å². The van der Waals surface area contributed by atoms with Crippen LogP contribution in [0.2, 0.25) is 0 Å². The van der Waals surface area contributed by atoms with Gasteiger partial charge >= 0.3 is 6.09 Å². The Balaban J connectivity index is 3.57. The summed E-state index contributed by atoms with van der Waals surface area (Å²) in [6, 6.07) is 0. The third-order valence-electron chi connectivity index (χ3n) is 1.57. The van der Waals surface area contributed by atoms with E-state index in [-0.39, 0.29) is 12.2 Å². The highest BCUT2D eigenvalue weighted by atomic mass is 16.6. The van der Waals surface area contributed by atoms with Crippen LogP contribution in [0.3, 0.4) is 0 Å². The van der Waals surface area contributed by atoms with Crippen LogP contribution in [0.4, 0.5) is 4.79 Å². The third kappa shape index (κ3) is 6.40. The number of carbonyl (C=O) groups excluding carboxylic acids is 1. The van der Waals surface area contributed by atoms with Gasteiger partial charge in [-0.25, -0.2) is 4.79 Å². The Labute approximate surface area is 80.2 Å². The molecule has 1 amide bonds. The Kier molecular flexibility index (Phi) is 6.32. The lowest BCUT2D eigenvalue weighted by Crippen LogP contribution is -2.31. The summed E-state index contributed by atoms with van der Waals surface area (Å²) >= 11 is 0. The predicted molar refractivity (Wildman–Crippen MR) is 52.8 cm³/mol. The number of amides is 1. The first kappa shape index (κ1) is 12.2. The van der Waals surface area contributed by atoms with Gasteiger partial charge in [-0.1, -0.05) is 0 Å². The fourth-order valence-corrected chi connectivity index (χ4v) is 0.876. The maximum atomic E-state index is 11.2. The molecule has 0 aromatic heterocycles. The summed E-state index contributed by atoms with van der Waals surface area (Å²) in [4.78, 5) is 12.8. The fraction of sp³-hybridized carbons (Fsp3) is 0.889. The number of hydrogen-bond donors (Lipinski definition) is 1. The molecule has 13 heavy (non-hydrogen) atoms. The minimum absolute atomic E-state index is 0.0424. The van der Waals surface area contributed by atoms with Gasteiger partial charge in [-0.05, 0) is 33.9 Å². The van der Waals surface area contributed by atoms with E-state index in [0.717, 1.165) is 19.5 Å². The smallest absolute Gasteiger partial charge is 0.409 e. The lowest BCUT2D eigenvalue weighted by atomic mass is 10.4. The van der Waals surface area contributed by atoms with E-state index in [9.17, 15) is 4.79 Å². The number of hydrogen-bond acceptors (Lipinski definition) is 3. The van der Waals surface area contributed by atoms with Crippen molar-refractivity contribution in [3.8, 4) is 0 Å². The van der Waals surface area contributed by atoms with Crippen LogP contribution in [0, 0.1) is 0 Å². The standard InChI is InChI=1S/C9H20N2O2/c1-8(2)13-9(12)11(4)7-5-6-10-3/h8,10H,5-7H2,1-4H3. The average Bonchev–Trinajstić information content (AvgIpc) is 2.03. The van der Waals surface area contributed by atoms with Gasteiger partial charge in [0.2, 0.25) is 0 Å². The summed E-state index contributed by atoms with van der Waals surface area (Å²) in [6.07, 6.45) is 0.658. The molecule has 0 aliphatic carbocycles. The second-order valence-corrected chi connectivity index (χ2v) is 3.31. The van der Waals surface area contributed by atoms with Gasteiger partial charge in [0, 0.05) is 13.6 Å². The van der Waals surface area contributed by atoms with E-state index in [2.05, 4.69) is 5.32 Å². The van der Waals surface area contributed by atoms with E-state index < -0.39 is 0 Å². The topological polar surface area (TPSA) is 41.6 Å². The summed E-state index contributed by atoms with van der Waals surface area (Å²) in [5.74, 6) is 0. The lowest BCUT2D eigenvalue weighted by Gasteiger charge is -2.18. The van der Waals surface area contributed by atoms with E-state index in [1.165, 1.54) is 0 Å². The van der Waals surface area contributed by atoms with Gasteiger partial charge in [-0.2, -0.15) is 0 Å². The van der Waals surface area contributed by atoms with Crippen molar-refractivity contribution < 1.29 is 9.53 Å². The minimum Gasteiger partial charge on any atom is -0.447 e. The molecule has 0 bridgehead atoms. The first-order valence-electron chi connectivity index (χ1n) is 4.64. The molecular weight excluding hydrogens is 168 g/mol. The lowest BCUT2D eigenvalue weighted by molar-refractivity contribution is 0.0838.